The molecule has 1 saturated heterocycles. The van der Waals surface area contributed by atoms with E-state index in [4.69, 9.17) is 13.9 Å². The van der Waals surface area contributed by atoms with Gasteiger partial charge in [0.2, 0.25) is 0 Å². The van der Waals surface area contributed by atoms with Crippen LogP contribution in [0.25, 0.3) is 11.0 Å². The Morgan fingerprint density at radius 3 is 2.54 bits per heavy atom. The van der Waals surface area contributed by atoms with E-state index in [0.29, 0.717) is 35.3 Å². The highest BCUT2D eigenvalue weighted by Crippen LogP contribution is 2.28. The number of hydrogen-bond acceptors (Lipinski definition) is 5. The average molecular weight is 380 g/mol. The molecule has 0 saturated carbocycles. The minimum absolute atomic E-state index is 0.174. The number of furan rings is 1. The molecule has 146 valence electrons. The molecular formula is C22H24N2O4. The van der Waals surface area contributed by atoms with E-state index in [1.165, 1.54) is 0 Å². The molecule has 2 N–H and O–H groups in total. The van der Waals surface area contributed by atoms with E-state index in [1.54, 1.807) is 19.2 Å². The summed E-state index contributed by atoms with van der Waals surface area (Å²) in [6.07, 6.45) is 2.18. The van der Waals surface area contributed by atoms with E-state index >= 15 is 0 Å². The number of piperidine rings is 1. The van der Waals surface area contributed by atoms with Crippen LogP contribution in [0.3, 0.4) is 0 Å². The van der Waals surface area contributed by atoms with Gasteiger partial charge in [-0.25, -0.2) is 0 Å². The second-order valence-electron chi connectivity index (χ2n) is 6.99. The number of methoxy groups -OCH3 is 1. The molecular weight excluding hydrogens is 356 g/mol. The number of ether oxygens (including phenoxy) is 2. The van der Waals surface area contributed by atoms with Crippen LogP contribution in [0.5, 0.6) is 17.2 Å². The summed E-state index contributed by atoms with van der Waals surface area (Å²) in [5.41, 5.74) is 0.623. The maximum atomic E-state index is 12.4. The molecule has 6 heteroatoms. The molecule has 0 spiro atoms. The van der Waals surface area contributed by atoms with Crippen LogP contribution in [0.15, 0.2) is 52.9 Å². The highest BCUT2D eigenvalue weighted by Gasteiger charge is 2.17. The first-order valence-electron chi connectivity index (χ1n) is 9.56. The summed E-state index contributed by atoms with van der Waals surface area (Å²) in [6, 6.07) is 14.7. The Morgan fingerprint density at radius 2 is 1.79 bits per heavy atom. The standard InChI is InChI=1S/C22H24N2O4/c1-26-17-4-6-18(7-5-17)27-19-3-2-16-12-21(28-20(16)13-19)22(25)24-14-15-8-10-23-11-9-15/h2-7,12-13,15,23H,8-11,14H2,1H3,(H,24,25). The van der Waals surface area contributed by atoms with Crippen molar-refractivity contribution in [3.63, 3.8) is 0 Å². The molecule has 1 amide bonds. The van der Waals surface area contributed by atoms with Gasteiger partial charge in [0.1, 0.15) is 22.8 Å². The number of carbonyl (C=O) groups excluding carboxylic acids is 1. The predicted molar refractivity (Wildman–Crippen MR) is 107 cm³/mol. The third-order valence-corrected chi connectivity index (χ3v) is 5.02. The van der Waals surface area contributed by atoms with Crippen LogP contribution in [-0.2, 0) is 0 Å². The van der Waals surface area contributed by atoms with Crippen LogP contribution in [0.1, 0.15) is 23.4 Å². The maximum absolute atomic E-state index is 12.4. The Bertz CT molecular complexity index is 943. The fraction of sp³-hybridized carbons (Fsp3) is 0.318. The smallest absolute Gasteiger partial charge is 0.287 e. The summed E-state index contributed by atoms with van der Waals surface area (Å²) in [7, 11) is 1.63. The number of amides is 1. The number of rotatable bonds is 6. The molecule has 1 aliphatic rings. The molecule has 4 rings (SSSR count). The Hall–Kier alpha value is -2.99. The molecule has 28 heavy (non-hydrogen) atoms. The first kappa shape index (κ1) is 18.4. The molecule has 1 fully saturated rings. The van der Waals surface area contributed by atoms with Gasteiger partial charge >= 0.3 is 0 Å². The van der Waals surface area contributed by atoms with Crippen molar-refractivity contribution in [2.45, 2.75) is 12.8 Å². The first-order valence-corrected chi connectivity index (χ1v) is 9.56. The first-order chi connectivity index (χ1) is 13.7. The van der Waals surface area contributed by atoms with Gasteiger partial charge in [0.05, 0.1) is 7.11 Å². The summed E-state index contributed by atoms with van der Waals surface area (Å²) in [5, 5.41) is 7.19. The Labute approximate surface area is 163 Å². The van der Waals surface area contributed by atoms with Gasteiger partial charge in [-0.2, -0.15) is 0 Å². The fourth-order valence-electron chi connectivity index (χ4n) is 3.38. The minimum Gasteiger partial charge on any atom is -0.497 e. The zero-order valence-corrected chi connectivity index (χ0v) is 15.9. The molecule has 0 unspecified atom stereocenters. The third kappa shape index (κ3) is 4.28. The summed E-state index contributed by atoms with van der Waals surface area (Å²) < 4.78 is 16.8. The molecule has 0 aliphatic carbocycles. The predicted octanol–water partition coefficient (Wildman–Crippen LogP) is 3.96. The van der Waals surface area contributed by atoms with Crippen molar-refractivity contribution < 1.29 is 18.7 Å². The lowest BCUT2D eigenvalue weighted by atomic mass is 9.98. The minimum atomic E-state index is -0.174. The van der Waals surface area contributed by atoms with Gasteiger partial charge in [-0.1, -0.05) is 0 Å². The molecule has 3 aromatic rings. The highest BCUT2D eigenvalue weighted by molar-refractivity contribution is 5.96. The van der Waals surface area contributed by atoms with E-state index in [9.17, 15) is 4.79 Å². The van der Waals surface area contributed by atoms with Gasteiger partial charge in [0, 0.05) is 18.0 Å². The lowest BCUT2D eigenvalue weighted by Gasteiger charge is -2.22. The van der Waals surface area contributed by atoms with Gasteiger partial charge in [0.15, 0.2) is 5.76 Å². The normalized spacial score (nSPS) is 14.8. The summed E-state index contributed by atoms with van der Waals surface area (Å²) in [4.78, 5) is 12.4. The second kappa shape index (κ2) is 8.35. The fourth-order valence-corrected chi connectivity index (χ4v) is 3.38. The van der Waals surface area contributed by atoms with E-state index in [1.807, 2.05) is 36.4 Å². The van der Waals surface area contributed by atoms with Gasteiger partial charge < -0.3 is 24.5 Å². The molecule has 0 atom stereocenters. The zero-order valence-electron chi connectivity index (χ0n) is 15.9. The summed E-state index contributed by atoms with van der Waals surface area (Å²) in [6.45, 7) is 2.72. The van der Waals surface area contributed by atoms with Crippen LogP contribution in [0, 0.1) is 5.92 Å². The molecule has 1 aliphatic heterocycles. The van der Waals surface area contributed by atoms with Crippen molar-refractivity contribution in [2.75, 3.05) is 26.7 Å². The Morgan fingerprint density at radius 1 is 1.07 bits per heavy atom. The molecule has 2 heterocycles. The van der Waals surface area contributed by atoms with Crippen LogP contribution >= 0.6 is 0 Å². The number of benzene rings is 2. The van der Waals surface area contributed by atoms with Crippen molar-refractivity contribution in [1.82, 2.24) is 10.6 Å². The van der Waals surface area contributed by atoms with Crippen LogP contribution in [0.4, 0.5) is 0 Å². The Balaban J connectivity index is 1.42. The summed E-state index contributed by atoms with van der Waals surface area (Å²) in [5.74, 6) is 2.80. The van der Waals surface area contributed by atoms with E-state index in [-0.39, 0.29) is 5.91 Å². The van der Waals surface area contributed by atoms with Gasteiger partial charge in [0.25, 0.3) is 5.91 Å². The van der Waals surface area contributed by atoms with Crippen LogP contribution in [0.2, 0.25) is 0 Å². The largest absolute Gasteiger partial charge is 0.497 e. The topological polar surface area (TPSA) is 72.7 Å². The van der Waals surface area contributed by atoms with Crippen LogP contribution in [-0.4, -0.2) is 32.7 Å². The highest BCUT2D eigenvalue weighted by atomic mass is 16.5. The summed E-state index contributed by atoms with van der Waals surface area (Å²) >= 11 is 0. The number of carbonyl (C=O) groups is 1. The number of nitrogens with one attached hydrogen (secondary N) is 2. The third-order valence-electron chi connectivity index (χ3n) is 5.02. The van der Waals surface area contributed by atoms with Crippen molar-refractivity contribution in [2.24, 2.45) is 5.92 Å². The van der Waals surface area contributed by atoms with E-state index in [2.05, 4.69) is 10.6 Å². The second-order valence-corrected chi connectivity index (χ2v) is 6.99. The number of fused-ring (bicyclic) bond motifs is 1. The molecule has 0 radical (unpaired) electrons. The molecule has 0 bridgehead atoms. The SMILES string of the molecule is COc1ccc(Oc2ccc3cc(C(=O)NCC4CCNCC4)oc3c2)cc1. The van der Waals surface area contributed by atoms with Crippen molar-refractivity contribution in [1.29, 1.82) is 0 Å². The van der Waals surface area contributed by atoms with E-state index in [0.717, 1.165) is 37.1 Å². The monoisotopic (exact) mass is 380 g/mol. The van der Waals surface area contributed by atoms with Crippen LogP contribution < -0.4 is 20.1 Å². The van der Waals surface area contributed by atoms with Crippen molar-refractivity contribution in [3.8, 4) is 17.2 Å². The van der Waals surface area contributed by atoms with Crippen molar-refractivity contribution >= 4 is 16.9 Å². The molecule has 2 aromatic carbocycles. The van der Waals surface area contributed by atoms with Crippen molar-refractivity contribution in [3.05, 3.63) is 54.3 Å². The quantitative estimate of drug-likeness (QED) is 0.677. The van der Waals surface area contributed by atoms with Gasteiger partial charge in [-0.05, 0) is 74.3 Å². The van der Waals surface area contributed by atoms with Gasteiger partial charge in [-0.15, -0.1) is 0 Å². The maximum Gasteiger partial charge on any atom is 0.287 e. The molecule has 6 nitrogen and oxygen atoms in total. The lowest BCUT2D eigenvalue weighted by molar-refractivity contribution is 0.0918. The Kier molecular flexibility index (Phi) is 5.48. The average Bonchev–Trinajstić information content (AvgIpc) is 3.17. The lowest BCUT2D eigenvalue weighted by Crippen LogP contribution is -2.35. The molecule has 1 aromatic heterocycles. The van der Waals surface area contributed by atoms with Gasteiger partial charge in [-0.3, -0.25) is 4.79 Å². The zero-order chi connectivity index (χ0) is 19.3. The van der Waals surface area contributed by atoms with E-state index < -0.39 is 0 Å². The number of hydrogen-bond donors (Lipinski definition) is 2.